The van der Waals surface area contributed by atoms with Crippen LogP contribution in [-0.2, 0) is 26.2 Å². The van der Waals surface area contributed by atoms with Crippen LogP contribution in [0.2, 0.25) is 10.0 Å². The zero-order chi connectivity index (χ0) is 25.5. The predicted octanol–water partition coefficient (Wildman–Crippen LogP) is 4.40. The van der Waals surface area contributed by atoms with Gasteiger partial charge in [-0.1, -0.05) is 53.9 Å². The van der Waals surface area contributed by atoms with Crippen LogP contribution < -0.4 is 9.62 Å². The molecule has 2 amide bonds. The first-order valence-electron chi connectivity index (χ1n) is 11.0. The number of hydrogen-bond acceptors (Lipinski definition) is 4. The fraction of sp³-hybridized carbons (Fsp3) is 0.417. The summed E-state index contributed by atoms with van der Waals surface area (Å²) in [6.45, 7) is 4.02. The average Bonchev–Trinajstić information content (AvgIpc) is 2.77. The molecule has 1 atom stereocenters. The van der Waals surface area contributed by atoms with Gasteiger partial charge in [0.2, 0.25) is 21.8 Å². The van der Waals surface area contributed by atoms with Gasteiger partial charge in [-0.05, 0) is 49.6 Å². The highest BCUT2D eigenvalue weighted by Gasteiger charge is 2.28. The summed E-state index contributed by atoms with van der Waals surface area (Å²) >= 11 is 12.3. The summed E-state index contributed by atoms with van der Waals surface area (Å²) in [6.07, 6.45) is 1.91. The fourth-order valence-electron chi connectivity index (χ4n) is 3.63. The first-order valence-corrected chi connectivity index (χ1v) is 13.6. The number of amides is 2. The van der Waals surface area contributed by atoms with Crippen LogP contribution in [0.25, 0.3) is 0 Å². The van der Waals surface area contributed by atoms with Crippen molar-refractivity contribution in [1.82, 2.24) is 10.2 Å². The molecule has 2 rings (SSSR count). The lowest BCUT2D eigenvalue weighted by Gasteiger charge is -2.31. The van der Waals surface area contributed by atoms with E-state index in [-0.39, 0.29) is 37.7 Å². The minimum atomic E-state index is -3.53. The zero-order valence-corrected chi connectivity index (χ0v) is 22.2. The minimum absolute atomic E-state index is 0.0661. The van der Waals surface area contributed by atoms with Crippen molar-refractivity contribution in [3.8, 4) is 0 Å². The average molecular weight is 529 g/mol. The summed E-state index contributed by atoms with van der Waals surface area (Å²) in [5, 5.41) is 3.48. The van der Waals surface area contributed by atoms with E-state index < -0.39 is 16.1 Å². The second-order valence-electron chi connectivity index (χ2n) is 8.07. The van der Waals surface area contributed by atoms with E-state index in [0.29, 0.717) is 27.7 Å². The summed E-state index contributed by atoms with van der Waals surface area (Å²) < 4.78 is 26.0. The molecule has 0 saturated carbocycles. The van der Waals surface area contributed by atoms with Crippen LogP contribution >= 0.6 is 23.2 Å². The van der Waals surface area contributed by atoms with Gasteiger partial charge in [-0.25, -0.2) is 8.42 Å². The largest absolute Gasteiger partial charge is 0.357 e. The third-order valence-electron chi connectivity index (χ3n) is 5.46. The van der Waals surface area contributed by atoms with E-state index in [1.807, 2.05) is 26.0 Å². The zero-order valence-electron chi connectivity index (χ0n) is 19.8. The van der Waals surface area contributed by atoms with Crippen molar-refractivity contribution in [2.24, 2.45) is 0 Å². The Kier molecular flexibility index (Phi) is 10.2. The van der Waals surface area contributed by atoms with E-state index in [0.717, 1.165) is 11.8 Å². The topological polar surface area (TPSA) is 86.8 Å². The molecule has 7 nitrogen and oxygen atoms in total. The number of carbonyl (C=O) groups excluding carboxylic acids is 2. The predicted molar refractivity (Wildman–Crippen MR) is 138 cm³/mol. The van der Waals surface area contributed by atoms with Gasteiger partial charge in [0, 0.05) is 36.6 Å². The van der Waals surface area contributed by atoms with Crippen molar-refractivity contribution in [2.75, 3.05) is 24.2 Å². The van der Waals surface area contributed by atoms with E-state index in [2.05, 4.69) is 5.32 Å². The van der Waals surface area contributed by atoms with Crippen LogP contribution in [0.4, 0.5) is 5.69 Å². The number of halogens is 2. The first kappa shape index (κ1) is 28.0. The lowest BCUT2D eigenvalue weighted by molar-refractivity contribution is -0.141. The molecule has 34 heavy (non-hydrogen) atoms. The van der Waals surface area contributed by atoms with Gasteiger partial charge in [0.15, 0.2) is 0 Å². The SMILES string of the molecule is CC[C@@H](C(=O)NC)N(Cc1ccc(Cl)cc1Cl)C(=O)CCCN(c1ccc(C)cc1)S(C)(=O)=O. The Hall–Kier alpha value is -2.29. The number of carbonyl (C=O) groups is 2. The highest BCUT2D eigenvalue weighted by molar-refractivity contribution is 7.92. The van der Waals surface area contributed by atoms with E-state index in [1.165, 1.54) is 16.3 Å². The molecule has 0 aliphatic heterocycles. The number of benzene rings is 2. The Labute approximate surface area is 212 Å². The maximum absolute atomic E-state index is 13.3. The number of likely N-dealkylation sites (N-methyl/N-ethyl adjacent to an activating group) is 1. The molecule has 10 heteroatoms. The summed E-state index contributed by atoms with van der Waals surface area (Å²) in [6, 6.07) is 11.5. The van der Waals surface area contributed by atoms with Crippen molar-refractivity contribution in [3.05, 3.63) is 63.6 Å². The molecular formula is C24H31Cl2N3O4S. The number of rotatable bonds is 11. The molecule has 0 aliphatic carbocycles. The number of aryl methyl sites for hydroxylation is 1. The van der Waals surface area contributed by atoms with Crippen LogP contribution in [0.5, 0.6) is 0 Å². The van der Waals surface area contributed by atoms with Crippen LogP contribution in [0.1, 0.15) is 37.3 Å². The Bertz CT molecular complexity index is 1110. The number of hydrogen-bond donors (Lipinski definition) is 1. The lowest BCUT2D eigenvalue weighted by atomic mass is 10.1. The highest BCUT2D eigenvalue weighted by atomic mass is 35.5. The molecule has 2 aromatic rings. The molecule has 2 aromatic carbocycles. The van der Waals surface area contributed by atoms with Crippen molar-refractivity contribution < 1.29 is 18.0 Å². The third-order valence-corrected chi connectivity index (χ3v) is 7.24. The normalized spacial score (nSPS) is 12.2. The highest BCUT2D eigenvalue weighted by Crippen LogP contribution is 2.25. The molecule has 0 aliphatic rings. The molecule has 186 valence electrons. The van der Waals surface area contributed by atoms with Gasteiger partial charge >= 0.3 is 0 Å². The molecule has 0 radical (unpaired) electrons. The Morgan fingerprint density at radius 1 is 1.09 bits per heavy atom. The van der Waals surface area contributed by atoms with Crippen molar-refractivity contribution in [3.63, 3.8) is 0 Å². The monoisotopic (exact) mass is 527 g/mol. The van der Waals surface area contributed by atoms with Gasteiger partial charge in [0.05, 0.1) is 11.9 Å². The lowest BCUT2D eigenvalue weighted by Crippen LogP contribution is -2.48. The van der Waals surface area contributed by atoms with E-state index >= 15 is 0 Å². The molecule has 0 spiro atoms. The van der Waals surface area contributed by atoms with Gasteiger partial charge in [0.1, 0.15) is 6.04 Å². The van der Waals surface area contributed by atoms with Gasteiger partial charge in [0.25, 0.3) is 0 Å². The Morgan fingerprint density at radius 3 is 2.26 bits per heavy atom. The van der Waals surface area contributed by atoms with E-state index in [4.69, 9.17) is 23.2 Å². The van der Waals surface area contributed by atoms with Crippen LogP contribution in [0.15, 0.2) is 42.5 Å². The molecule has 0 aromatic heterocycles. The Balaban J connectivity index is 2.21. The Morgan fingerprint density at radius 2 is 1.74 bits per heavy atom. The second kappa shape index (κ2) is 12.4. The maximum Gasteiger partial charge on any atom is 0.242 e. The van der Waals surface area contributed by atoms with E-state index in [1.54, 1.807) is 30.3 Å². The third kappa shape index (κ3) is 7.61. The van der Waals surface area contributed by atoms with Gasteiger partial charge in [-0.2, -0.15) is 0 Å². The smallest absolute Gasteiger partial charge is 0.242 e. The standard InChI is InChI=1S/C24H31Cl2N3O4S/c1-5-22(24(31)27-3)28(16-18-10-11-19(25)15-21(18)26)23(30)7-6-14-29(34(4,32)33)20-12-8-17(2)9-13-20/h8-13,15,22H,5-7,14,16H2,1-4H3,(H,27,31)/t22-/m0/s1. The fourth-order valence-corrected chi connectivity index (χ4v) is 5.07. The summed E-state index contributed by atoms with van der Waals surface area (Å²) in [5.41, 5.74) is 2.23. The number of nitrogens with zero attached hydrogens (tertiary/aromatic N) is 2. The molecule has 0 unspecified atom stereocenters. The molecular weight excluding hydrogens is 497 g/mol. The first-order chi connectivity index (χ1) is 16.0. The van der Waals surface area contributed by atoms with Gasteiger partial charge in [-0.3, -0.25) is 13.9 Å². The van der Waals surface area contributed by atoms with Crippen molar-refractivity contribution >= 4 is 50.7 Å². The number of nitrogens with one attached hydrogen (secondary N) is 1. The molecule has 0 saturated heterocycles. The molecule has 0 fully saturated rings. The van der Waals surface area contributed by atoms with Crippen LogP contribution in [0.3, 0.4) is 0 Å². The molecule has 0 bridgehead atoms. The number of sulfonamides is 1. The summed E-state index contributed by atoms with van der Waals surface area (Å²) in [5.74, 6) is -0.544. The van der Waals surface area contributed by atoms with Crippen LogP contribution in [0, 0.1) is 6.92 Å². The molecule has 1 N–H and O–H groups in total. The number of anilines is 1. The van der Waals surface area contributed by atoms with Crippen molar-refractivity contribution in [1.29, 1.82) is 0 Å². The minimum Gasteiger partial charge on any atom is -0.357 e. The van der Waals surface area contributed by atoms with Crippen molar-refractivity contribution in [2.45, 2.75) is 45.7 Å². The summed E-state index contributed by atoms with van der Waals surface area (Å²) in [7, 11) is -2.01. The molecule has 0 heterocycles. The van der Waals surface area contributed by atoms with Gasteiger partial charge in [-0.15, -0.1) is 0 Å². The van der Waals surface area contributed by atoms with Crippen LogP contribution in [-0.4, -0.2) is 51.0 Å². The van der Waals surface area contributed by atoms with E-state index in [9.17, 15) is 18.0 Å². The second-order valence-corrected chi connectivity index (χ2v) is 10.8. The van der Waals surface area contributed by atoms with Gasteiger partial charge < -0.3 is 10.2 Å². The maximum atomic E-state index is 13.3. The summed E-state index contributed by atoms with van der Waals surface area (Å²) in [4.78, 5) is 27.3. The quantitative estimate of drug-likeness (QED) is 0.469.